The van der Waals surface area contributed by atoms with E-state index in [0.717, 1.165) is 22.3 Å². The minimum absolute atomic E-state index is 0.546. The predicted molar refractivity (Wildman–Crippen MR) is 231 cm³/mol. The van der Waals surface area contributed by atoms with E-state index in [1.165, 1.54) is 65.8 Å². The van der Waals surface area contributed by atoms with Crippen molar-refractivity contribution in [1.82, 2.24) is 15.0 Å². The number of aromatic nitrogens is 3. The minimum Gasteiger partial charge on any atom is -0.308 e. The Balaban J connectivity index is 1.07. The molecule has 1 atom stereocenters. The molecule has 57 heavy (non-hydrogen) atoms. The van der Waals surface area contributed by atoms with Gasteiger partial charge < -0.3 is 4.90 Å². The van der Waals surface area contributed by atoms with Crippen LogP contribution in [0.15, 0.2) is 204 Å². The zero-order valence-electron chi connectivity index (χ0n) is 30.7. The van der Waals surface area contributed by atoms with Gasteiger partial charge in [0, 0.05) is 26.5 Å². The fourth-order valence-corrected chi connectivity index (χ4v) is 10.5. The van der Waals surface area contributed by atoms with Crippen LogP contribution in [-0.4, -0.2) is 15.0 Å². The molecule has 0 saturated carbocycles. The highest BCUT2D eigenvalue weighted by atomic mass is 32.2. The molecule has 1 aromatic heterocycles. The SMILES string of the molecule is c1ccc(-c2nc(-c3ccccc3)nc(-c3ccc(-c4cccc5c4[C@@]4(c6ccccc6-5)c5ccccc5N5c6ccccc6Sc6cccc4c65)cc3)n2)cc1. The third-order valence-electron chi connectivity index (χ3n) is 11.7. The summed E-state index contributed by atoms with van der Waals surface area (Å²) in [4.78, 5) is 20.0. The molecule has 0 unspecified atom stereocenters. The molecule has 4 nitrogen and oxygen atoms in total. The monoisotopic (exact) mass is 744 g/mol. The lowest BCUT2D eigenvalue weighted by molar-refractivity contribution is 0.748. The fraction of sp³-hybridized carbons (Fsp3) is 0.0192. The van der Waals surface area contributed by atoms with Crippen LogP contribution in [-0.2, 0) is 5.41 Å². The lowest BCUT2D eigenvalue weighted by Crippen LogP contribution is -2.37. The number of anilines is 3. The highest BCUT2D eigenvalue weighted by Gasteiger charge is 2.54. The molecule has 266 valence electrons. The van der Waals surface area contributed by atoms with Crippen LogP contribution in [0.1, 0.15) is 22.3 Å². The van der Waals surface area contributed by atoms with E-state index in [2.05, 4.69) is 138 Å². The number of hydrogen-bond acceptors (Lipinski definition) is 5. The Morgan fingerprint density at radius 1 is 0.351 bits per heavy atom. The molecule has 0 N–H and O–H groups in total. The van der Waals surface area contributed by atoms with E-state index >= 15 is 0 Å². The van der Waals surface area contributed by atoms with Crippen LogP contribution in [0.5, 0.6) is 0 Å². The van der Waals surface area contributed by atoms with Gasteiger partial charge in [0.1, 0.15) is 0 Å². The van der Waals surface area contributed by atoms with Crippen LogP contribution in [0.2, 0.25) is 0 Å². The molecule has 12 rings (SSSR count). The lowest BCUT2D eigenvalue weighted by atomic mass is 9.63. The molecule has 0 saturated heterocycles. The Labute approximate surface area is 335 Å². The minimum atomic E-state index is -0.546. The molecule has 0 bridgehead atoms. The van der Waals surface area contributed by atoms with Crippen molar-refractivity contribution in [1.29, 1.82) is 0 Å². The third-order valence-corrected chi connectivity index (χ3v) is 12.8. The maximum absolute atomic E-state index is 5.02. The van der Waals surface area contributed by atoms with Gasteiger partial charge in [-0.1, -0.05) is 182 Å². The van der Waals surface area contributed by atoms with E-state index in [-0.39, 0.29) is 0 Å². The lowest BCUT2D eigenvalue weighted by Gasteiger charge is -2.47. The van der Waals surface area contributed by atoms with Crippen molar-refractivity contribution in [3.63, 3.8) is 0 Å². The van der Waals surface area contributed by atoms with Crippen LogP contribution in [0.25, 0.3) is 56.4 Å². The maximum Gasteiger partial charge on any atom is 0.164 e. The van der Waals surface area contributed by atoms with Gasteiger partial charge in [-0.2, -0.15) is 0 Å². The summed E-state index contributed by atoms with van der Waals surface area (Å²) in [6.07, 6.45) is 0. The smallest absolute Gasteiger partial charge is 0.164 e. The summed E-state index contributed by atoms with van der Waals surface area (Å²) in [5.41, 5.74) is 16.2. The van der Waals surface area contributed by atoms with E-state index in [1.807, 2.05) is 72.4 Å². The van der Waals surface area contributed by atoms with E-state index in [1.54, 1.807) is 0 Å². The topological polar surface area (TPSA) is 41.9 Å². The number of fused-ring (bicyclic) bond motifs is 11. The van der Waals surface area contributed by atoms with Crippen molar-refractivity contribution >= 4 is 28.8 Å². The summed E-state index contributed by atoms with van der Waals surface area (Å²) in [6, 6.07) is 69.7. The van der Waals surface area contributed by atoms with E-state index < -0.39 is 5.41 Å². The van der Waals surface area contributed by atoms with Crippen molar-refractivity contribution < 1.29 is 0 Å². The van der Waals surface area contributed by atoms with Gasteiger partial charge in [-0.15, -0.1) is 0 Å². The van der Waals surface area contributed by atoms with Gasteiger partial charge in [0.05, 0.1) is 22.5 Å². The average Bonchev–Trinajstić information content (AvgIpc) is 3.59. The van der Waals surface area contributed by atoms with E-state index in [0.29, 0.717) is 17.5 Å². The first-order chi connectivity index (χ1) is 28.3. The Morgan fingerprint density at radius 3 is 1.56 bits per heavy atom. The predicted octanol–water partition coefficient (Wildman–Crippen LogP) is 13.2. The normalized spacial score (nSPS) is 15.3. The quantitative estimate of drug-likeness (QED) is 0.179. The van der Waals surface area contributed by atoms with Crippen LogP contribution in [0.4, 0.5) is 17.1 Å². The van der Waals surface area contributed by atoms with Gasteiger partial charge in [0.2, 0.25) is 0 Å². The first kappa shape index (κ1) is 32.2. The first-order valence-electron chi connectivity index (χ1n) is 19.3. The molecule has 3 heterocycles. The molecular formula is C52H32N4S. The highest BCUT2D eigenvalue weighted by Crippen LogP contribution is 2.67. The Hall–Kier alpha value is -7.08. The van der Waals surface area contributed by atoms with Gasteiger partial charge in [-0.25, -0.2) is 15.0 Å². The largest absolute Gasteiger partial charge is 0.308 e. The van der Waals surface area contributed by atoms with Crippen LogP contribution >= 0.6 is 11.8 Å². The van der Waals surface area contributed by atoms with Gasteiger partial charge in [0.15, 0.2) is 17.5 Å². The summed E-state index contributed by atoms with van der Waals surface area (Å²) < 4.78 is 0. The highest BCUT2D eigenvalue weighted by molar-refractivity contribution is 7.99. The standard InChI is InChI=1S/C52H32N4S/c1-3-15-34(16-4-1)49-53-50(35-17-5-2-6-18-35)55-51(54-49)36-31-29-33(30-32-36)37-20-13-21-39-38-19-7-8-22-40(38)52(47(37)39)41-23-9-10-25-43(41)56-44-26-11-12-27-45(44)57-46-28-14-24-42(52)48(46)56/h1-32H/t52-/m0/s1. The van der Waals surface area contributed by atoms with Crippen molar-refractivity contribution in [2.45, 2.75) is 15.2 Å². The molecular weight excluding hydrogens is 713 g/mol. The molecule has 1 aliphatic carbocycles. The summed E-state index contributed by atoms with van der Waals surface area (Å²) in [7, 11) is 0. The molecule has 0 amide bonds. The molecule has 3 aliphatic rings. The van der Waals surface area contributed by atoms with Crippen LogP contribution < -0.4 is 4.90 Å². The molecule has 8 aromatic carbocycles. The second-order valence-corrected chi connectivity index (χ2v) is 15.8. The van der Waals surface area contributed by atoms with Crippen LogP contribution in [0, 0.1) is 0 Å². The number of rotatable bonds is 4. The van der Waals surface area contributed by atoms with Crippen LogP contribution in [0.3, 0.4) is 0 Å². The van der Waals surface area contributed by atoms with Gasteiger partial charge >= 0.3 is 0 Å². The molecule has 1 spiro atoms. The summed E-state index contributed by atoms with van der Waals surface area (Å²) in [5.74, 6) is 1.95. The van der Waals surface area contributed by atoms with Gasteiger partial charge in [0.25, 0.3) is 0 Å². The Bertz CT molecular complexity index is 2990. The molecule has 5 heteroatoms. The fourth-order valence-electron chi connectivity index (χ4n) is 9.38. The molecule has 9 aromatic rings. The second kappa shape index (κ2) is 12.5. The van der Waals surface area contributed by atoms with Crippen molar-refractivity contribution in [3.05, 3.63) is 216 Å². The summed E-state index contributed by atoms with van der Waals surface area (Å²) in [5, 5.41) is 0. The molecule has 0 fully saturated rings. The van der Waals surface area contributed by atoms with Gasteiger partial charge in [-0.3, -0.25) is 0 Å². The summed E-state index contributed by atoms with van der Waals surface area (Å²) in [6.45, 7) is 0. The van der Waals surface area contributed by atoms with Crippen molar-refractivity contribution in [2.75, 3.05) is 4.90 Å². The maximum atomic E-state index is 5.02. The summed E-state index contributed by atoms with van der Waals surface area (Å²) >= 11 is 1.87. The Kier molecular flexibility index (Phi) is 7.04. The zero-order chi connectivity index (χ0) is 37.5. The second-order valence-electron chi connectivity index (χ2n) is 14.7. The Morgan fingerprint density at radius 2 is 0.842 bits per heavy atom. The zero-order valence-corrected chi connectivity index (χ0v) is 31.5. The number of para-hydroxylation sites is 3. The molecule has 0 radical (unpaired) electrons. The molecule has 2 aliphatic heterocycles. The van der Waals surface area contributed by atoms with E-state index in [9.17, 15) is 0 Å². The number of benzene rings is 8. The van der Waals surface area contributed by atoms with Crippen molar-refractivity contribution in [3.8, 4) is 56.4 Å². The first-order valence-corrected chi connectivity index (χ1v) is 20.1. The van der Waals surface area contributed by atoms with Crippen molar-refractivity contribution in [2.24, 2.45) is 0 Å². The number of hydrogen-bond donors (Lipinski definition) is 0. The van der Waals surface area contributed by atoms with Gasteiger partial charge in [-0.05, 0) is 68.8 Å². The third kappa shape index (κ3) is 4.67. The average molecular weight is 745 g/mol. The number of nitrogens with zero attached hydrogens (tertiary/aromatic N) is 4. The van der Waals surface area contributed by atoms with E-state index in [4.69, 9.17) is 15.0 Å².